The van der Waals surface area contributed by atoms with E-state index in [-0.39, 0.29) is 0 Å². The summed E-state index contributed by atoms with van der Waals surface area (Å²) >= 11 is 1.73. The first-order chi connectivity index (χ1) is 9.75. The van der Waals surface area contributed by atoms with Gasteiger partial charge in [0.2, 0.25) is 0 Å². The Kier molecular flexibility index (Phi) is 6.11. The van der Waals surface area contributed by atoms with Gasteiger partial charge in [-0.25, -0.2) is 4.98 Å². The summed E-state index contributed by atoms with van der Waals surface area (Å²) in [4.78, 5) is 10.9. The van der Waals surface area contributed by atoms with Crippen molar-refractivity contribution in [3.05, 3.63) is 34.9 Å². The van der Waals surface area contributed by atoms with Crippen LogP contribution in [-0.2, 0) is 6.42 Å². The van der Waals surface area contributed by atoms with Crippen LogP contribution in [0.1, 0.15) is 11.4 Å². The minimum Gasteiger partial charge on any atom is -0.316 e. The number of rotatable bonds is 8. The van der Waals surface area contributed by atoms with Crippen LogP contribution in [0.3, 0.4) is 0 Å². The lowest BCUT2D eigenvalue weighted by atomic mass is 10.2. The quantitative estimate of drug-likeness (QED) is 0.757. The van der Waals surface area contributed by atoms with Gasteiger partial charge in [-0.1, -0.05) is 0 Å². The molecule has 4 nitrogen and oxygen atoms in total. The van der Waals surface area contributed by atoms with E-state index in [0.717, 1.165) is 37.3 Å². The van der Waals surface area contributed by atoms with Gasteiger partial charge < -0.3 is 10.2 Å². The number of hydrogen-bond acceptors (Lipinski definition) is 5. The molecule has 5 heteroatoms. The van der Waals surface area contributed by atoms with Crippen LogP contribution in [0.25, 0.3) is 11.3 Å². The van der Waals surface area contributed by atoms with Crippen molar-refractivity contribution < 1.29 is 0 Å². The van der Waals surface area contributed by atoms with E-state index in [2.05, 4.69) is 39.7 Å². The van der Waals surface area contributed by atoms with Crippen LogP contribution in [0.2, 0.25) is 0 Å². The van der Waals surface area contributed by atoms with Crippen molar-refractivity contribution in [3.63, 3.8) is 0 Å². The normalized spacial score (nSPS) is 11.2. The molecule has 1 N–H and O–H groups in total. The fraction of sp³-hybridized carbons (Fsp3) is 0.467. The maximum atomic E-state index is 4.67. The molecule has 0 radical (unpaired) electrons. The highest BCUT2D eigenvalue weighted by atomic mass is 32.1. The predicted molar refractivity (Wildman–Crippen MR) is 85.1 cm³/mol. The Morgan fingerprint density at radius 2 is 2.00 bits per heavy atom. The van der Waals surface area contributed by atoms with Crippen molar-refractivity contribution in [2.45, 2.75) is 12.8 Å². The van der Waals surface area contributed by atoms with Crippen molar-refractivity contribution in [3.8, 4) is 11.3 Å². The summed E-state index contributed by atoms with van der Waals surface area (Å²) in [6, 6.07) is 4.00. The van der Waals surface area contributed by atoms with Crippen LogP contribution < -0.4 is 5.32 Å². The summed E-state index contributed by atoms with van der Waals surface area (Å²) in [6.45, 7) is 3.20. The lowest BCUT2D eigenvalue weighted by Crippen LogP contribution is -2.23. The van der Waals surface area contributed by atoms with Crippen molar-refractivity contribution in [2.75, 3.05) is 33.7 Å². The molecule has 0 unspecified atom stereocenters. The van der Waals surface area contributed by atoms with Gasteiger partial charge in [0.1, 0.15) is 0 Å². The van der Waals surface area contributed by atoms with E-state index in [1.807, 2.05) is 12.1 Å². The largest absolute Gasteiger partial charge is 0.316 e. The minimum atomic E-state index is 0.997. The molecular weight excluding hydrogens is 268 g/mol. The molecule has 0 saturated carbocycles. The Bertz CT molecular complexity index is 496. The van der Waals surface area contributed by atoms with Gasteiger partial charge >= 0.3 is 0 Å². The topological polar surface area (TPSA) is 41.0 Å². The van der Waals surface area contributed by atoms with Gasteiger partial charge in [0.05, 0.1) is 10.7 Å². The number of nitrogens with zero attached hydrogens (tertiary/aromatic N) is 3. The van der Waals surface area contributed by atoms with Gasteiger partial charge in [0.25, 0.3) is 0 Å². The smallest absolute Gasteiger partial charge is 0.0945 e. The molecule has 108 valence electrons. The van der Waals surface area contributed by atoms with Crippen LogP contribution in [0.4, 0.5) is 0 Å². The summed E-state index contributed by atoms with van der Waals surface area (Å²) in [6.07, 6.45) is 5.80. The van der Waals surface area contributed by atoms with E-state index in [0.29, 0.717) is 0 Å². The summed E-state index contributed by atoms with van der Waals surface area (Å²) in [5, 5.41) is 6.78. The third kappa shape index (κ3) is 5.00. The van der Waals surface area contributed by atoms with Gasteiger partial charge in [0, 0.05) is 36.3 Å². The lowest BCUT2D eigenvalue weighted by Gasteiger charge is -2.09. The van der Waals surface area contributed by atoms with E-state index in [9.17, 15) is 0 Å². The standard InChI is InChI=1S/C15H22N4S/c1-19(2)11-3-7-16-10-6-15-18-14(12-20-15)13-4-8-17-9-5-13/h4-5,8-9,12,16H,3,6-7,10-11H2,1-2H3. The molecule has 0 amide bonds. The average molecular weight is 290 g/mol. The van der Waals surface area contributed by atoms with Crippen LogP contribution in [-0.4, -0.2) is 48.6 Å². The molecule has 2 aromatic rings. The molecule has 0 aliphatic carbocycles. The van der Waals surface area contributed by atoms with E-state index in [1.165, 1.54) is 11.4 Å². The highest BCUT2D eigenvalue weighted by molar-refractivity contribution is 7.09. The van der Waals surface area contributed by atoms with Gasteiger partial charge in [-0.3, -0.25) is 4.98 Å². The summed E-state index contributed by atoms with van der Waals surface area (Å²) < 4.78 is 0. The van der Waals surface area contributed by atoms with Crippen LogP contribution in [0.5, 0.6) is 0 Å². The molecule has 0 aliphatic rings. The van der Waals surface area contributed by atoms with E-state index < -0.39 is 0 Å². The van der Waals surface area contributed by atoms with E-state index >= 15 is 0 Å². The highest BCUT2D eigenvalue weighted by Crippen LogP contribution is 2.21. The number of thiazole rings is 1. The molecule has 0 aliphatic heterocycles. The molecule has 0 atom stereocenters. The monoisotopic (exact) mass is 290 g/mol. The maximum absolute atomic E-state index is 4.67. The molecule has 2 aromatic heterocycles. The Labute approximate surface area is 124 Å². The molecule has 0 bridgehead atoms. The van der Waals surface area contributed by atoms with Gasteiger partial charge in [-0.2, -0.15) is 0 Å². The van der Waals surface area contributed by atoms with Crippen LogP contribution in [0.15, 0.2) is 29.9 Å². The zero-order chi connectivity index (χ0) is 14.2. The van der Waals surface area contributed by atoms with E-state index in [4.69, 9.17) is 0 Å². The lowest BCUT2D eigenvalue weighted by molar-refractivity contribution is 0.395. The Hall–Kier alpha value is -1.30. The first-order valence-corrected chi connectivity index (χ1v) is 7.84. The predicted octanol–water partition coefficient (Wildman–Crippen LogP) is 2.29. The molecule has 2 rings (SSSR count). The Morgan fingerprint density at radius 1 is 1.20 bits per heavy atom. The second-order valence-electron chi connectivity index (χ2n) is 5.02. The summed E-state index contributed by atoms with van der Waals surface area (Å²) in [7, 11) is 4.21. The number of pyridine rings is 1. The Morgan fingerprint density at radius 3 is 2.75 bits per heavy atom. The van der Waals surface area contributed by atoms with Gasteiger partial charge in [0.15, 0.2) is 0 Å². The molecule has 2 heterocycles. The zero-order valence-corrected chi connectivity index (χ0v) is 13.0. The average Bonchev–Trinajstić information content (AvgIpc) is 2.92. The molecule has 0 spiro atoms. The first kappa shape index (κ1) is 15.1. The molecule has 20 heavy (non-hydrogen) atoms. The Balaban J connectivity index is 1.71. The van der Waals surface area contributed by atoms with Crippen molar-refractivity contribution >= 4 is 11.3 Å². The van der Waals surface area contributed by atoms with Gasteiger partial charge in [-0.15, -0.1) is 11.3 Å². The molecular formula is C15H22N4S. The minimum absolute atomic E-state index is 0.997. The SMILES string of the molecule is CN(C)CCCNCCc1nc(-c2ccncc2)cs1. The zero-order valence-electron chi connectivity index (χ0n) is 12.2. The van der Waals surface area contributed by atoms with E-state index in [1.54, 1.807) is 23.7 Å². The number of nitrogens with one attached hydrogen (secondary N) is 1. The second kappa shape index (κ2) is 8.09. The summed E-state index contributed by atoms with van der Waals surface area (Å²) in [5.74, 6) is 0. The fourth-order valence-electron chi connectivity index (χ4n) is 1.92. The highest BCUT2D eigenvalue weighted by Gasteiger charge is 2.03. The number of hydrogen-bond donors (Lipinski definition) is 1. The third-order valence-corrected chi connectivity index (χ3v) is 3.91. The fourth-order valence-corrected chi connectivity index (χ4v) is 2.73. The van der Waals surface area contributed by atoms with Crippen LogP contribution in [0, 0.1) is 0 Å². The number of aromatic nitrogens is 2. The van der Waals surface area contributed by atoms with Gasteiger partial charge in [-0.05, 0) is 45.7 Å². The van der Waals surface area contributed by atoms with Crippen molar-refractivity contribution in [1.29, 1.82) is 0 Å². The first-order valence-electron chi connectivity index (χ1n) is 6.96. The summed E-state index contributed by atoms with van der Waals surface area (Å²) in [5.41, 5.74) is 2.20. The van der Waals surface area contributed by atoms with Crippen molar-refractivity contribution in [1.82, 2.24) is 20.2 Å². The third-order valence-electron chi connectivity index (χ3n) is 3.00. The molecule has 0 saturated heterocycles. The van der Waals surface area contributed by atoms with Crippen LogP contribution >= 0.6 is 11.3 Å². The second-order valence-corrected chi connectivity index (χ2v) is 5.96. The van der Waals surface area contributed by atoms with Crippen molar-refractivity contribution in [2.24, 2.45) is 0 Å². The molecule has 0 fully saturated rings. The molecule has 0 aromatic carbocycles. The maximum Gasteiger partial charge on any atom is 0.0945 e.